The summed E-state index contributed by atoms with van der Waals surface area (Å²) in [6, 6.07) is 2.14. The zero-order valence-electron chi connectivity index (χ0n) is 9.82. The summed E-state index contributed by atoms with van der Waals surface area (Å²) in [5.41, 5.74) is -0.902. The van der Waals surface area contributed by atoms with Gasteiger partial charge in [-0.2, -0.15) is 5.26 Å². The van der Waals surface area contributed by atoms with Crippen LogP contribution >= 0.6 is 0 Å². The van der Waals surface area contributed by atoms with Gasteiger partial charge < -0.3 is 15.2 Å². The normalized spacial score (nSPS) is 31.1. The Morgan fingerprint density at radius 3 is 2.65 bits per heavy atom. The first kappa shape index (κ1) is 12.3. The smallest absolute Gasteiger partial charge is 0.240 e. The number of carbonyl (C=O) groups is 1. The zero-order valence-corrected chi connectivity index (χ0v) is 9.82. The van der Waals surface area contributed by atoms with Gasteiger partial charge in [-0.05, 0) is 31.6 Å². The summed E-state index contributed by atoms with van der Waals surface area (Å²) in [5, 5.41) is 21.2. The van der Waals surface area contributed by atoms with Crippen LogP contribution in [-0.4, -0.2) is 36.9 Å². The highest BCUT2D eigenvalue weighted by Gasteiger charge is 2.40. The second kappa shape index (κ2) is 5.03. The molecule has 1 saturated heterocycles. The molecule has 0 radical (unpaired) electrons. The number of carbonyl (C=O) groups excluding carboxylic acids is 1. The van der Waals surface area contributed by atoms with E-state index in [2.05, 4.69) is 11.4 Å². The molecule has 1 aliphatic carbocycles. The zero-order chi connectivity index (χ0) is 12.3. The Bertz CT molecular complexity index is 325. The van der Waals surface area contributed by atoms with Crippen LogP contribution in [-0.2, 0) is 9.53 Å². The van der Waals surface area contributed by atoms with Crippen molar-refractivity contribution in [1.29, 1.82) is 5.26 Å². The van der Waals surface area contributed by atoms with Crippen molar-refractivity contribution in [2.24, 2.45) is 11.3 Å². The summed E-state index contributed by atoms with van der Waals surface area (Å²) in [6.07, 6.45) is 2.25. The fraction of sp³-hybridized carbons (Fsp3) is 0.833. The summed E-state index contributed by atoms with van der Waals surface area (Å²) in [7, 11) is 0. The van der Waals surface area contributed by atoms with Crippen LogP contribution in [0.25, 0.3) is 0 Å². The molecular weight excluding hydrogens is 220 g/mol. The largest absolute Gasteiger partial charge is 0.393 e. The van der Waals surface area contributed by atoms with Crippen molar-refractivity contribution in [3.63, 3.8) is 0 Å². The minimum absolute atomic E-state index is 0.176. The van der Waals surface area contributed by atoms with E-state index in [-0.39, 0.29) is 12.0 Å². The van der Waals surface area contributed by atoms with Crippen molar-refractivity contribution in [3.05, 3.63) is 0 Å². The Balaban J connectivity index is 1.83. The molecule has 0 aromatic carbocycles. The second-order valence-electron chi connectivity index (χ2n) is 5.01. The van der Waals surface area contributed by atoms with Crippen LogP contribution in [0.3, 0.4) is 0 Å². The third kappa shape index (κ3) is 2.59. The lowest BCUT2D eigenvalue weighted by molar-refractivity contribution is -0.133. The van der Waals surface area contributed by atoms with Gasteiger partial charge in [-0.1, -0.05) is 0 Å². The summed E-state index contributed by atoms with van der Waals surface area (Å²) in [5.74, 6) is 0.189. The van der Waals surface area contributed by atoms with E-state index in [1.807, 2.05) is 0 Å². The average Bonchev–Trinajstić information content (AvgIpc) is 2.33. The van der Waals surface area contributed by atoms with Gasteiger partial charge >= 0.3 is 0 Å². The lowest BCUT2D eigenvalue weighted by Crippen LogP contribution is -2.47. The highest BCUT2D eigenvalue weighted by atomic mass is 16.5. The maximum Gasteiger partial charge on any atom is 0.240 e. The van der Waals surface area contributed by atoms with E-state index in [4.69, 9.17) is 9.84 Å². The molecule has 0 aromatic rings. The molecule has 17 heavy (non-hydrogen) atoms. The summed E-state index contributed by atoms with van der Waals surface area (Å²) in [4.78, 5) is 12.0. The SMILES string of the molecule is N#CC1(C(=O)NCC2CC(O)C2)CCOCC1. The number of nitrogens with one attached hydrogen (secondary N) is 1. The number of amides is 1. The monoisotopic (exact) mass is 238 g/mol. The van der Waals surface area contributed by atoms with Gasteiger partial charge in [-0.15, -0.1) is 0 Å². The standard InChI is InChI=1S/C12H18N2O3/c13-8-12(1-3-17-4-2-12)11(16)14-7-9-5-10(15)6-9/h9-10,15H,1-7H2,(H,14,16). The van der Waals surface area contributed by atoms with Crippen molar-refractivity contribution in [2.75, 3.05) is 19.8 Å². The van der Waals surface area contributed by atoms with E-state index in [9.17, 15) is 10.1 Å². The molecule has 0 unspecified atom stereocenters. The van der Waals surface area contributed by atoms with Crippen LogP contribution in [0.2, 0.25) is 0 Å². The first-order chi connectivity index (χ1) is 8.16. The molecule has 2 rings (SSSR count). The minimum atomic E-state index is -0.902. The lowest BCUT2D eigenvalue weighted by Gasteiger charge is -2.34. The number of nitriles is 1. The van der Waals surface area contributed by atoms with Crippen molar-refractivity contribution in [3.8, 4) is 6.07 Å². The van der Waals surface area contributed by atoms with Crippen molar-refractivity contribution < 1.29 is 14.6 Å². The fourth-order valence-electron chi connectivity index (χ4n) is 2.38. The van der Waals surface area contributed by atoms with Crippen LogP contribution in [0, 0.1) is 22.7 Å². The fourth-order valence-corrected chi connectivity index (χ4v) is 2.38. The predicted octanol–water partition coefficient (Wildman–Crippen LogP) is 0.194. The second-order valence-corrected chi connectivity index (χ2v) is 5.01. The molecule has 2 aliphatic rings. The van der Waals surface area contributed by atoms with Gasteiger partial charge in [-0.3, -0.25) is 4.79 Å². The molecule has 1 saturated carbocycles. The number of aliphatic hydroxyl groups is 1. The molecule has 5 nitrogen and oxygen atoms in total. The molecule has 94 valence electrons. The molecule has 0 atom stereocenters. The number of rotatable bonds is 3. The van der Waals surface area contributed by atoms with Gasteiger partial charge in [0.25, 0.3) is 0 Å². The molecule has 2 fully saturated rings. The summed E-state index contributed by atoms with van der Waals surface area (Å²) in [6.45, 7) is 1.52. The van der Waals surface area contributed by atoms with Gasteiger partial charge in [0.05, 0.1) is 12.2 Å². The van der Waals surface area contributed by atoms with E-state index in [0.29, 0.717) is 38.5 Å². The third-order valence-corrected chi connectivity index (χ3v) is 3.76. The van der Waals surface area contributed by atoms with E-state index in [1.165, 1.54) is 0 Å². The quantitative estimate of drug-likeness (QED) is 0.735. The van der Waals surface area contributed by atoms with Gasteiger partial charge in [0.15, 0.2) is 0 Å². The number of nitrogens with zero attached hydrogens (tertiary/aromatic N) is 1. The Kier molecular flexibility index (Phi) is 3.65. The van der Waals surface area contributed by atoms with Crippen LogP contribution in [0.5, 0.6) is 0 Å². The van der Waals surface area contributed by atoms with Crippen LogP contribution in [0.15, 0.2) is 0 Å². The predicted molar refractivity (Wildman–Crippen MR) is 59.8 cm³/mol. The number of hydrogen-bond donors (Lipinski definition) is 2. The number of hydrogen-bond acceptors (Lipinski definition) is 4. The van der Waals surface area contributed by atoms with E-state index >= 15 is 0 Å². The Morgan fingerprint density at radius 1 is 1.47 bits per heavy atom. The first-order valence-electron chi connectivity index (χ1n) is 6.12. The third-order valence-electron chi connectivity index (χ3n) is 3.76. The van der Waals surface area contributed by atoms with Gasteiger partial charge in [-0.25, -0.2) is 0 Å². The van der Waals surface area contributed by atoms with Crippen molar-refractivity contribution in [1.82, 2.24) is 5.32 Å². The van der Waals surface area contributed by atoms with Gasteiger partial charge in [0, 0.05) is 19.8 Å². The molecule has 0 bridgehead atoms. The Labute approximate surface area is 101 Å². The van der Waals surface area contributed by atoms with Crippen molar-refractivity contribution in [2.45, 2.75) is 31.8 Å². The molecule has 1 aliphatic heterocycles. The molecule has 0 spiro atoms. The highest BCUT2D eigenvalue weighted by Crippen LogP contribution is 2.31. The van der Waals surface area contributed by atoms with Crippen molar-refractivity contribution >= 4 is 5.91 Å². The minimum Gasteiger partial charge on any atom is -0.393 e. The molecule has 0 aromatic heterocycles. The summed E-state index contributed by atoms with van der Waals surface area (Å²) >= 11 is 0. The number of ether oxygens (including phenoxy) is 1. The van der Waals surface area contributed by atoms with Gasteiger partial charge in [0.1, 0.15) is 5.41 Å². The molecule has 5 heteroatoms. The maximum atomic E-state index is 12.0. The van der Waals surface area contributed by atoms with E-state index in [1.54, 1.807) is 0 Å². The van der Waals surface area contributed by atoms with E-state index in [0.717, 1.165) is 12.8 Å². The maximum absolute atomic E-state index is 12.0. The molecule has 2 N–H and O–H groups in total. The number of aliphatic hydroxyl groups excluding tert-OH is 1. The van der Waals surface area contributed by atoms with Crippen LogP contribution < -0.4 is 5.32 Å². The molecule has 1 amide bonds. The Morgan fingerprint density at radius 2 is 2.12 bits per heavy atom. The first-order valence-corrected chi connectivity index (χ1v) is 6.12. The molecule has 1 heterocycles. The Hall–Kier alpha value is -1.12. The van der Waals surface area contributed by atoms with Crippen LogP contribution in [0.1, 0.15) is 25.7 Å². The summed E-state index contributed by atoms with van der Waals surface area (Å²) < 4.78 is 5.18. The van der Waals surface area contributed by atoms with Crippen LogP contribution in [0.4, 0.5) is 0 Å². The van der Waals surface area contributed by atoms with E-state index < -0.39 is 5.41 Å². The average molecular weight is 238 g/mol. The lowest BCUT2D eigenvalue weighted by atomic mass is 9.79. The highest BCUT2D eigenvalue weighted by molar-refractivity contribution is 5.85. The molecular formula is C12H18N2O3. The van der Waals surface area contributed by atoms with Gasteiger partial charge in [0.2, 0.25) is 5.91 Å². The topological polar surface area (TPSA) is 82.4 Å².